The van der Waals surface area contributed by atoms with E-state index in [-0.39, 0.29) is 23.5 Å². The molecule has 0 bridgehead atoms. The number of benzene rings is 1. The van der Waals surface area contributed by atoms with Gasteiger partial charge in [0.1, 0.15) is 5.03 Å². The zero-order valence-corrected chi connectivity index (χ0v) is 13.9. The lowest BCUT2D eigenvalue weighted by Gasteiger charge is -2.11. The number of nitrogens with one attached hydrogen (secondary N) is 1. The van der Waals surface area contributed by atoms with Crippen LogP contribution in [0.15, 0.2) is 58.6 Å². The number of carbonyl (C=O) groups excluding carboxylic acids is 1. The maximum Gasteiger partial charge on any atom is 0.251 e. The average Bonchev–Trinajstić information content (AvgIpc) is 2.88. The molecule has 1 fully saturated rings. The largest absolute Gasteiger partial charge is 0.348 e. The summed E-state index contributed by atoms with van der Waals surface area (Å²) in [5, 5.41) is 3.67. The van der Waals surface area contributed by atoms with Gasteiger partial charge in [-0.2, -0.15) is 0 Å². The molecule has 120 valence electrons. The van der Waals surface area contributed by atoms with Crippen molar-refractivity contribution in [2.75, 3.05) is 11.5 Å². The molecular weight excluding hydrogens is 332 g/mol. The fourth-order valence-electron chi connectivity index (χ4n) is 2.38. The maximum atomic E-state index is 12.2. The summed E-state index contributed by atoms with van der Waals surface area (Å²) in [6, 6.07) is 12.6. The SMILES string of the molecule is O=C(NC1CCS(=O)(=O)C1)c1ccc(Sc2ccccn2)cc1. The highest BCUT2D eigenvalue weighted by atomic mass is 32.2. The Balaban J connectivity index is 1.62. The van der Waals surface area contributed by atoms with Crippen LogP contribution in [-0.4, -0.2) is 36.9 Å². The van der Waals surface area contributed by atoms with Gasteiger partial charge in [-0.3, -0.25) is 4.79 Å². The summed E-state index contributed by atoms with van der Waals surface area (Å²) >= 11 is 1.52. The van der Waals surface area contributed by atoms with E-state index < -0.39 is 9.84 Å². The van der Waals surface area contributed by atoms with Crippen molar-refractivity contribution in [2.45, 2.75) is 22.4 Å². The molecule has 0 radical (unpaired) electrons. The number of nitrogens with zero attached hydrogens (tertiary/aromatic N) is 1. The Morgan fingerprint density at radius 1 is 1.17 bits per heavy atom. The third kappa shape index (κ3) is 4.33. The molecule has 1 aliphatic rings. The van der Waals surface area contributed by atoms with Gasteiger partial charge in [-0.15, -0.1) is 0 Å². The van der Waals surface area contributed by atoms with E-state index in [2.05, 4.69) is 10.3 Å². The van der Waals surface area contributed by atoms with Crippen molar-refractivity contribution in [3.05, 3.63) is 54.2 Å². The van der Waals surface area contributed by atoms with Crippen LogP contribution < -0.4 is 5.32 Å². The highest BCUT2D eigenvalue weighted by Gasteiger charge is 2.29. The van der Waals surface area contributed by atoms with Gasteiger partial charge in [0.05, 0.1) is 11.5 Å². The molecule has 1 atom stereocenters. The minimum Gasteiger partial charge on any atom is -0.348 e. The van der Waals surface area contributed by atoms with Crippen LogP contribution >= 0.6 is 11.8 Å². The van der Waals surface area contributed by atoms with Gasteiger partial charge >= 0.3 is 0 Å². The predicted molar refractivity (Wildman–Crippen MR) is 89.3 cm³/mol. The van der Waals surface area contributed by atoms with E-state index in [4.69, 9.17) is 0 Å². The lowest BCUT2D eigenvalue weighted by molar-refractivity contribution is 0.0941. The summed E-state index contributed by atoms with van der Waals surface area (Å²) in [5.41, 5.74) is 0.527. The van der Waals surface area contributed by atoms with Crippen LogP contribution in [-0.2, 0) is 9.84 Å². The lowest BCUT2D eigenvalue weighted by Crippen LogP contribution is -2.35. The van der Waals surface area contributed by atoms with Gasteiger partial charge < -0.3 is 5.32 Å². The molecule has 7 heteroatoms. The van der Waals surface area contributed by atoms with Crippen molar-refractivity contribution in [3.8, 4) is 0 Å². The van der Waals surface area contributed by atoms with E-state index in [1.165, 1.54) is 11.8 Å². The summed E-state index contributed by atoms with van der Waals surface area (Å²) in [5.74, 6) is -0.0503. The second-order valence-corrected chi connectivity index (χ2v) is 8.69. The molecule has 1 amide bonds. The Morgan fingerprint density at radius 3 is 2.57 bits per heavy atom. The van der Waals surface area contributed by atoms with E-state index in [9.17, 15) is 13.2 Å². The fraction of sp³-hybridized carbons (Fsp3) is 0.250. The predicted octanol–water partition coefficient (Wildman–Crippen LogP) is 2.15. The highest BCUT2D eigenvalue weighted by Crippen LogP contribution is 2.25. The van der Waals surface area contributed by atoms with Crippen LogP contribution in [0.25, 0.3) is 0 Å². The lowest BCUT2D eigenvalue weighted by atomic mass is 10.2. The molecule has 1 aromatic heterocycles. The first-order chi connectivity index (χ1) is 11.0. The number of pyridine rings is 1. The van der Waals surface area contributed by atoms with Gasteiger partial charge in [-0.1, -0.05) is 17.8 Å². The van der Waals surface area contributed by atoms with Crippen LogP contribution in [0.1, 0.15) is 16.8 Å². The quantitative estimate of drug-likeness (QED) is 0.916. The number of sulfone groups is 1. The Kier molecular flexibility index (Phi) is 4.68. The van der Waals surface area contributed by atoms with Crippen LogP contribution in [0.2, 0.25) is 0 Å². The number of amides is 1. The van der Waals surface area contributed by atoms with Crippen LogP contribution in [0.5, 0.6) is 0 Å². The molecule has 1 aliphatic heterocycles. The molecule has 23 heavy (non-hydrogen) atoms. The number of rotatable bonds is 4. The molecule has 1 aromatic carbocycles. The van der Waals surface area contributed by atoms with E-state index in [1.807, 2.05) is 30.3 Å². The fourth-order valence-corrected chi connectivity index (χ4v) is 4.83. The zero-order valence-electron chi connectivity index (χ0n) is 12.3. The zero-order chi connectivity index (χ0) is 16.3. The third-order valence-electron chi connectivity index (χ3n) is 3.54. The number of aromatic nitrogens is 1. The first kappa shape index (κ1) is 16.0. The van der Waals surface area contributed by atoms with E-state index in [1.54, 1.807) is 18.3 Å². The van der Waals surface area contributed by atoms with Crippen LogP contribution in [0.4, 0.5) is 0 Å². The second kappa shape index (κ2) is 6.72. The van der Waals surface area contributed by atoms with Crippen LogP contribution in [0, 0.1) is 0 Å². The first-order valence-corrected chi connectivity index (χ1v) is 9.86. The van der Waals surface area contributed by atoms with Crippen molar-refractivity contribution in [2.24, 2.45) is 0 Å². The van der Waals surface area contributed by atoms with Gasteiger partial charge in [-0.25, -0.2) is 13.4 Å². The van der Waals surface area contributed by atoms with Crippen molar-refractivity contribution in [1.82, 2.24) is 10.3 Å². The topological polar surface area (TPSA) is 76.1 Å². The van der Waals surface area contributed by atoms with Crippen molar-refractivity contribution < 1.29 is 13.2 Å². The summed E-state index contributed by atoms with van der Waals surface area (Å²) in [4.78, 5) is 17.4. The van der Waals surface area contributed by atoms with Crippen molar-refractivity contribution >= 4 is 27.5 Å². The maximum absolute atomic E-state index is 12.2. The van der Waals surface area contributed by atoms with Gasteiger partial charge in [-0.05, 0) is 42.8 Å². The molecule has 0 spiro atoms. The first-order valence-electron chi connectivity index (χ1n) is 7.22. The molecule has 1 saturated heterocycles. The van der Waals surface area contributed by atoms with Crippen molar-refractivity contribution in [1.29, 1.82) is 0 Å². The minimum atomic E-state index is -2.99. The molecule has 1 unspecified atom stereocenters. The molecular formula is C16H16N2O3S2. The summed E-state index contributed by atoms with van der Waals surface area (Å²) < 4.78 is 22.8. The second-order valence-electron chi connectivity index (χ2n) is 5.37. The minimum absolute atomic E-state index is 0.0341. The van der Waals surface area contributed by atoms with Gasteiger partial charge in [0, 0.05) is 22.7 Å². The number of carbonyl (C=O) groups is 1. The summed E-state index contributed by atoms with van der Waals surface area (Å²) in [6.45, 7) is 0. The molecule has 0 saturated carbocycles. The van der Waals surface area contributed by atoms with Gasteiger partial charge in [0.2, 0.25) is 0 Å². The summed E-state index contributed by atoms with van der Waals surface area (Å²) in [6.07, 6.45) is 2.22. The molecule has 5 nitrogen and oxygen atoms in total. The summed E-state index contributed by atoms with van der Waals surface area (Å²) in [7, 11) is -2.99. The van der Waals surface area contributed by atoms with Crippen LogP contribution in [0.3, 0.4) is 0 Å². The third-order valence-corrected chi connectivity index (χ3v) is 6.27. The van der Waals surface area contributed by atoms with Gasteiger partial charge in [0.15, 0.2) is 9.84 Å². The normalized spacial score (nSPS) is 19.4. The number of hydrogen-bond donors (Lipinski definition) is 1. The Hall–Kier alpha value is -1.86. The molecule has 3 rings (SSSR count). The monoisotopic (exact) mass is 348 g/mol. The Morgan fingerprint density at radius 2 is 1.96 bits per heavy atom. The van der Waals surface area contributed by atoms with Crippen molar-refractivity contribution in [3.63, 3.8) is 0 Å². The molecule has 2 heterocycles. The molecule has 2 aromatic rings. The smallest absolute Gasteiger partial charge is 0.251 e. The highest BCUT2D eigenvalue weighted by molar-refractivity contribution is 7.99. The Labute approximate surface area is 139 Å². The van der Waals surface area contributed by atoms with E-state index in [0.717, 1.165) is 9.92 Å². The number of hydrogen-bond acceptors (Lipinski definition) is 5. The van der Waals surface area contributed by atoms with E-state index in [0.29, 0.717) is 12.0 Å². The molecule has 1 N–H and O–H groups in total. The molecule has 0 aliphatic carbocycles. The average molecular weight is 348 g/mol. The van der Waals surface area contributed by atoms with Gasteiger partial charge in [0.25, 0.3) is 5.91 Å². The Bertz CT molecular complexity index is 790. The standard InChI is InChI=1S/C16H16N2O3S2/c19-16(18-13-8-10-23(20,21)11-13)12-4-6-14(7-5-12)22-15-3-1-2-9-17-15/h1-7,9,13H,8,10-11H2,(H,18,19). The van der Waals surface area contributed by atoms with E-state index >= 15 is 0 Å².